The number of carbonyl (C=O) groups is 2. The number of thiophene rings is 1. The third-order valence-corrected chi connectivity index (χ3v) is 8.74. The quantitative estimate of drug-likeness (QED) is 0.270. The van der Waals surface area contributed by atoms with Crippen LogP contribution in [0.4, 0.5) is 10.5 Å². The molecular formula is C32H40N4O3S. The van der Waals surface area contributed by atoms with Crippen LogP contribution in [0.3, 0.4) is 0 Å². The Bertz CT molecular complexity index is 1310. The van der Waals surface area contributed by atoms with Gasteiger partial charge in [0, 0.05) is 47.2 Å². The van der Waals surface area contributed by atoms with E-state index in [2.05, 4.69) is 58.9 Å². The molecule has 40 heavy (non-hydrogen) atoms. The van der Waals surface area contributed by atoms with E-state index in [9.17, 15) is 9.59 Å². The molecule has 8 heteroatoms. The summed E-state index contributed by atoms with van der Waals surface area (Å²) in [5.41, 5.74) is 4.73. The third kappa shape index (κ3) is 7.23. The van der Waals surface area contributed by atoms with Crippen LogP contribution in [0.2, 0.25) is 0 Å². The second-order valence-corrected chi connectivity index (χ2v) is 12.0. The molecule has 0 aliphatic carbocycles. The zero-order valence-electron chi connectivity index (χ0n) is 23.6. The predicted octanol–water partition coefficient (Wildman–Crippen LogP) is 6.28. The molecule has 2 amide bonds. The Morgan fingerprint density at radius 1 is 1.05 bits per heavy atom. The van der Waals surface area contributed by atoms with E-state index >= 15 is 0 Å². The molecule has 0 bridgehead atoms. The highest BCUT2D eigenvalue weighted by Crippen LogP contribution is 2.30. The van der Waals surface area contributed by atoms with Crippen LogP contribution in [-0.4, -0.2) is 60.6 Å². The number of hydrogen-bond acceptors (Lipinski definition) is 6. The van der Waals surface area contributed by atoms with Crippen molar-refractivity contribution < 1.29 is 14.3 Å². The Kier molecular flexibility index (Phi) is 9.39. The molecule has 0 unspecified atom stereocenters. The van der Waals surface area contributed by atoms with E-state index in [1.165, 1.54) is 41.2 Å². The van der Waals surface area contributed by atoms with Crippen LogP contribution in [0, 0.1) is 6.92 Å². The van der Waals surface area contributed by atoms with E-state index in [0.29, 0.717) is 31.8 Å². The zero-order chi connectivity index (χ0) is 27.9. The molecule has 212 valence electrons. The minimum Gasteiger partial charge on any atom is -0.449 e. The number of rotatable bonds is 11. The fraction of sp³-hybridized carbons (Fsp3) is 0.438. The highest BCUT2D eigenvalue weighted by molar-refractivity contribution is 7.15. The number of unbranched alkanes of at least 4 members (excludes halogenated alkanes) is 1. The Labute approximate surface area is 241 Å². The number of benzene rings is 2. The highest BCUT2D eigenvalue weighted by Gasteiger charge is 2.31. The van der Waals surface area contributed by atoms with Gasteiger partial charge >= 0.3 is 6.09 Å². The summed E-state index contributed by atoms with van der Waals surface area (Å²) >= 11 is 1.86. The van der Waals surface area contributed by atoms with Crippen LogP contribution in [0.1, 0.15) is 59.0 Å². The molecule has 2 saturated heterocycles. The van der Waals surface area contributed by atoms with Crippen molar-refractivity contribution >= 4 is 29.0 Å². The van der Waals surface area contributed by atoms with Gasteiger partial charge in [0.2, 0.25) is 0 Å². The first kappa shape index (κ1) is 28.2. The van der Waals surface area contributed by atoms with E-state index < -0.39 is 0 Å². The number of anilines is 1. The predicted molar refractivity (Wildman–Crippen MR) is 162 cm³/mol. The van der Waals surface area contributed by atoms with Crippen LogP contribution in [0.15, 0.2) is 54.6 Å². The van der Waals surface area contributed by atoms with Crippen LogP contribution in [0.5, 0.6) is 0 Å². The molecule has 2 aliphatic heterocycles. The van der Waals surface area contributed by atoms with Crippen molar-refractivity contribution in [2.45, 2.75) is 58.7 Å². The number of nitrogens with zero attached hydrogens (tertiary/aromatic N) is 2. The lowest BCUT2D eigenvalue weighted by Crippen LogP contribution is -2.57. The van der Waals surface area contributed by atoms with Gasteiger partial charge in [-0.05, 0) is 86.3 Å². The summed E-state index contributed by atoms with van der Waals surface area (Å²) in [7, 11) is 0. The third-order valence-electron chi connectivity index (χ3n) is 7.62. The van der Waals surface area contributed by atoms with Gasteiger partial charge in [0.1, 0.15) is 0 Å². The number of amides is 2. The monoisotopic (exact) mass is 560 g/mol. The number of carbonyl (C=O) groups excluding carboxylic acids is 2. The van der Waals surface area contributed by atoms with Crippen molar-refractivity contribution in [3.63, 3.8) is 0 Å². The molecule has 0 spiro atoms. The van der Waals surface area contributed by atoms with Gasteiger partial charge in [0.05, 0.1) is 12.6 Å². The van der Waals surface area contributed by atoms with Crippen molar-refractivity contribution in [3.05, 3.63) is 76.2 Å². The lowest BCUT2D eigenvalue weighted by Gasteiger charge is -2.39. The second kappa shape index (κ2) is 13.3. The first-order chi connectivity index (χ1) is 19.5. The molecular weight excluding hydrogens is 520 g/mol. The maximum absolute atomic E-state index is 13.1. The molecule has 2 fully saturated rings. The van der Waals surface area contributed by atoms with E-state index in [1.807, 2.05) is 36.5 Å². The topological polar surface area (TPSA) is 73.9 Å². The summed E-state index contributed by atoms with van der Waals surface area (Å²) in [6.45, 7) is 9.60. The average molecular weight is 561 g/mol. The van der Waals surface area contributed by atoms with Gasteiger partial charge in [-0.15, -0.1) is 11.3 Å². The summed E-state index contributed by atoms with van der Waals surface area (Å²) in [5.74, 6) is -0.0923. The smallest absolute Gasteiger partial charge is 0.409 e. The van der Waals surface area contributed by atoms with Crippen molar-refractivity contribution in [1.82, 2.24) is 15.1 Å². The number of aryl methyl sites for hydroxylation is 1. The van der Waals surface area contributed by atoms with Gasteiger partial charge in [-0.2, -0.15) is 0 Å². The van der Waals surface area contributed by atoms with Gasteiger partial charge in [0.15, 0.2) is 0 Å². The van der Waals surface area contributed by atoms with Gasteiger partial charge in [-0.1, -0.05) is 37.6 Å². The minimum atomic E-state index is -0.249. The summed E-state index contributed by atoms with van der Waals surface area (Å²) < 4.78 is 5.28. The van der Waals surface area contributed by atoms with Crippen LogP contribution in [-0.2, 0) is 17.8 Å². The molecule has 0 atom stereocenters. The van der Waals surface area contributed by atoms with Gasteiger partial charge in [0.25, 0.3) is 5.91 Å². The van der Waals surface area contributed by atoms with Crippen LogP contribution < -0.4 is 10.6 Å². The standard InChI is InChI=1S/C32H40N4O3S/c1-3-4-16-39-32(38)36-20-27(21-36)34-26-11-10-23(2)29(18-26)31(37)33-19-24-8-7-9-25(17-24)30-13-12-28(40-30)22-35-14-5-6-15-35/h7-13,17-18,27,34H,3-6,14-16,19-22H2,1-2H3,(H,33,37). The molecule has 2 aromatic carbocycles. The zero-order valence-corrected chi connectivity index (χ0v) is 24.4. The maximum Gasteiger partial charge on any atom is 0.409 e. The normalized spacial score (nSPS) is 15.6. The Morgan fingerprint density at radius 3 is 2.67 bits per heavy atom. The lowest BCUT2D eigenvalue weighted by atomic mass is 10.0. The number of ether oxygens (including phenoxy) is 1. The SMILES string of the molecule is CCCCOC(=O)N1CC(Nc2ccc(C)c(C(=O)NCc3cccc(-c4ccc(CN5CCCC5)s4)c3)c2)C1. The largest absolute Gasteiger partial charge is 0.449 e. The van der Waals surface area contributed by atoms with Gasteiger partial charge < -0.3 is 20.3 Å². The van der Waals surface area contributed by atoms with Gasteiger partial charge in [-0.25, -0.2) is 4.79 Å². The summed E-state index contributed by atoms with van der Waals surface area (Å²) in [4.78, 5) is 32.1. The first-order valence-electron chi connectivity index (χ1n) is 14.5. The average Bonchev–Trinajstić information content (AvgIpc) is 3.63. The molecule has 2 N–H and O–H groups in total. The molecule has 3 aromatic rings. The summed E-state index contributed by atoms with van der Waals surface area (Å²) in [5, 5.41) is 6.55. The van der Waals surface area contributed by atoms with Gasteiger partial charge in [-0.3, -0.25) is 9.69 Å². The van der Waals surface area contributed by atoms with Crippen molar-refractivity contribution in [2.75, 3.05) is 38.1 Å². The number of likely N-dealkylation sites (tertiary alicyclic amines) is 2. The lowest BCUT2D eigenvalue weighted by molar-refractivity contribution is 0.0748. The minimum absolute atomic E-state index is 0.0923. The number of hydrogen-bond donors (Lipinski definition) is 2. The Balaban J connectivity index is 1.13. The molecule has 5 rings (SSSR count). The first-order valence-corrected chi connectivity index (χ1v) is 15.3. The van der Waals surface area contributed by atoms with E-state index in [0.717, 1.165) is 36.2 Å². The van der Waals surface area contributed by atoms with E-state index in [-0.39, 0.29) is 18.0 Å². The fourth-order valence-electron chi connectivity index (χ4n) is 5.20. The molecule has 2 aliphatic rings. The fourth-order valence-corrected chi connectivity index (χ4v) is 6.24. The molecule has 1 aromatic heterocycles. The Hall–Kier alpha value is -3.36. The van der Waals surface area contributed by atoms with E-state index in [4.69, 9.17) is 4.74 Å². The van der Waals surface area contributed by atoms with Crippen molar-refractivity contribution in [1.29, 1.82) is 0 Å². The highest BCUT2D eigenvalue weighted by atomic mass is 32.1. The molecule has 3 heterocycles. The summed E-state index contributed by atoms with van der Waals surface area (Å²) in [6.07, 6.45) is 4.25. The number of nitrogens with one attached hydrogen (secondary N) is 2. The van der Waals surface area contributed by atoms with Crippen molar-refractivity contribution in [3.8, 4) is 10.4 Å². The van der Waals surface area contributed by atoms with Crippen molar-refractivity contribution in [2.24, 2.45) is 0 Å². The molecule has 7 nitrogen and oxygen atoms in total. The summed E-state index contributed by atoms with van der Waals surface area (Å²) in [6, 6.07) is 18.9. The van der Waals surface area contributed by atoms with Crippen LogP contribution >= 0.6 is 11.3 Å². The Morgan fingerprint density at radius 2 is 1.88 bits per heavy atom. The molecule has 0 saturated carbocycles. The maximum atomic E-state index is 13.1. The second-order valence-electron chi connectivity index (χ2n) is 10.9. The molecule has 0 radical (unpaired) electrons. The van der Waals surface area contributed by atoms with E-state index in [1.54, 1.807) is 4.90 Å². The van der Waals surface area contributed by atoms with Crippen LogP contribution in [0.25, 0.3) is 10.4 Å².